The number of likely N-dealkylation sites (tertiary alicyclic amines) is 1. The van der Waals surface area contributed by atoms with Crippen molar-refractivity contribution >= 4 is 5.91 Å². The van der Waals surface area contributed by atoms with E-state index in [1.165, 1.54) is 0 Å². The molecule has 1 aliphatic carbocycles. The van der Waals surface area contributed by atoms with E-state index in [0.29, 0.717) is 31.2 Å². The average molecular weight is 367 g/mol. The number of aromatic nitrogens is 4. The van der Waals surface area contributed by atoms with Crippen LogP contribution in [0.5, 0.6) is 0 Å². The van der Waals surface area contributed by atoms with Gasteiger partial charge in [-0.05, 0) is 56.9 Å². The van der Waals surface area contributed by atoms with Crippen molar-refractivity contribution in [2.75, 3.05) is 13.1 Å². The minimum Gasteiger partial charge on any atom is -0.337 e. The highest BCUT2D eigenvalue weighted by molar-refractivity contribution is 5.92. The Morgan fingerprint density at radius 2 is 1.93 bits per heavy atom. The van der Waals surface area contributed by atoms with Crippen LogP contribution in [-0.4, -0.2) is 43.6 Å². The standard InChI is InChI=1S/C20H25N5O2/c1-14-11-22-18(12-21-14)20(27)24-8-6-15(7-9-24)13-25-19(26)10-16-4-2-3-5-17(16)23-25/h10-12,15H,2-9,13H2,1H3. The molecule has 1 fully saturated rings. The third-order valence-corrected chi connectivity index (χ3v) is 5.61. The van der Waals surface area contributed by atoms with Crippen molar-refractivity contribution < 1.29 is 4.79 Å². The molecule has 7 heteroatoms. The van der Waals surface area contributed by atoms with Gasteiger partial charge in [0.05, 0.1) is 17.6 Å². The van der Waals surface area contributed by atoms with Gasteiger partial charge in [0, 0.05) is 31.9 Å². The minimum atomic E-state index is -0.0648. The van der Waals surface area contributed by atoms with Crippen LogP contribution in [0.2, 0.25) is 0 Å². The Morgan fingerprint density at radius 1 is 1.15 bits per heavy atom. The lowest BCUT2D eigenvalue weighted by Crippen LogP contribution is -2.40. The molecule has 27 heavy (non-hydrogen) atoms. The third kappa shape index (κ3) is 3.91. The summed E-state index contributed by atoms with van der Waals surface area (Å²) in [6, 6.07) is 1.77. The average Bonchev–Trinajstić information content (AvgIpc) is 2.69. The summed E-state index contributed by atoms with van der Waals surface area (Å²) in [5, 5.41) is 4.62. The number of carbonyl (C=O) groups is 1. The van der Waals surface area contributed by atoms with Gasteiger partial charge in [0.1, 0.15) is 5.69 Å². The number of carbonyl (C=O) groups excluding carboxylic acids is 1. The molecule has 142 valence electrons. The molecule has 0 spiro atoms. The number of piperidine rings is 1. The summed E-state index contributed by atoms with van der Waals surface area (Å²) in [5.74, 6) is 0.301. The second kappa shape index (κ2) is 7.58. The van der Waals surface area contributed by atoms with Crippen molar-refractivity contribution in [3.8, 4) is 0 Å². The van der Waals surface area contributed by atoms with Crippen LogP contribution in [0, 0.1) is 12.8 Å². The molecule has 2 aromatic rings. The topological polar surface area (TPSA) is 81.0 Å². The number of amides is 1. The molecular weight excluding hydrogens is 342 g/mol. The fourth-order valence-electron chi connectivity index (χ4n) is 3.96. The van der Waals surface area contributed by atoms with Gasteiger partial charge in [0.2, 0.25) is 0 Å². The largest absolute Gasteiger partial charge is 0.337 e. The van der Waals surface area contributed by atoms with Crippen LogP contribution in [0.3, 0.4) is 0 Å². The van der Waals surface area contributed by atoms with Crippen molar-refractivity contribution in [1.82, 2.24) is 24.6 Å². The molecule has 1 saturated heterocycles. The van der Waals surface area contributed by atoms with Crippen LogP contribution >= 0.6 is 0 Å². The Balaban J connectivity index is 1.38. The van der Waals surface area contributed by atoms with E-state index >= 15 is 0 Å². The molecule has 4 rings (SSSR count). The van der Waals surface area contributed by atoms with E-state index < -0.39 is 0 Å². The maximum atomic E-state index is 12.5. The summed E-state index contributed by atoms with van der Waals surface area (Å²) in [7, 11) is 0. The van der Waals surface area contributed by atoms with Crippen LogP contribution < -0.4 is 5.56 Å². The van der Waals surface area contributed by atoms with E-state index in [-0.39, 0.29) is 11.5 Å². The van der Waals surface area contributed by atoms with Crippen molar-refractivity contribution in [3.05, 3.63) is 51.5 Å². The zero-order valence-corrected chi connectivity index (χ0v) is 15.7. The number of aryl methyl sites for hydroxylation is 3. The fourth-order valence-corrected chi connectivity index (χ4v) is 3.96. The molecule has 7 nitrogen and oxygen atoms in total. The molecular formula is C20H25N5O2. The third-order valence-electron chi connectivity index (χ3n) is 5.61. The van der Waals surface area contributed by atoms with Gasteiger partial charge >= 0.3 is 0 Å². The Labute approximate surface area is 158 Å². The molecule has 0 N–H and O–H groups in total. The van der Waals surface area contributed by atoms with Gasteiger partial charge in [-0.15, -0.1) is 0 Å². The van der Waals surface area contributed by atoms with E-state index in [4.69, 9.17) is 0 Å². The Bertz CT molecular complexity index is 882. The minimum absolute atomic E-state index is 0.00378. The number of rotatable bonds is 3. The summed E-state index contributed by atoms with van der Waals surface area (Å²) >= 11 is 0. The molecule has 2 aromatic heterocycles. The normalized spacial score (nSPS) is 17.6. The highest BCUT2D eigenvalue weighted by Crippen LogP contribution is 2.21. The van der Waals surface area contributed by atoms with Gasteiger partial charge in [0.15, 0.2) is 0 Å². The van der Waals surface area contributed by atoms with Crippen molar-refractivity contribution in [3.63, 3.8) is 0 Å². The van der Waals surface area contributed by atoms with Crippen LogP contribution in [-0.2, 0) is 19.4 Å². The van der Waals surface area contributed by atoms with Crippen molar-refractivity contribution in [2.45, 2.75) is 52.0 Å². The molecule has 0 atom stereocenters. The van der Waals surface area contributed by atoms with Gasteiger partial charge in [-0.1, -0.05) is 0 Å². The molecule has 1 aliphatic heterocycles. The first-order chi connectivity index (χ1) is 13.1. The van der Waals surface area contributed by atoms with Gasteiger partial charge in [-0.2, -0.15) is 5.10 Å². The van der Waals surface area contributed by atoms with Gasteiger partial charge in [-0.25, -0.2) is 9.67 Å². The zero-order chi connectivity index (χ0) is 18.8. The van der Waals surface area contributed by atoms with Crippen LogP contribution in [0.4, 0.5) is 0 Å². The van der Waals surface area contributed by atoms with Gasteiger partial charge in [-0.3, -0.25) is 14.6 Å². The molecule has 0 bridgehead atoms. The maximum Gasteiger partial charge on any atom is 0.274 e. The smallest absolute Gasteiger partial charge is 0.274 e. The highest BCUT2D eigenvalue weighted by Gasteiger charge is 2.25. The number of hydrogen-bond donors (Lipinski definition) is 0. The quantitative estimate of drug-likeness (QED) is 0.826. The lowest BCUT2D eigenvalue weighted by atomic mass is 9.95. The zero-order valence-electron chi connectivity index (χ0n) is 15.7. The lowest BCUT2D eigenvalue weighted by molar-refractivity contribution is 0.0674. The van der Waals surface area contributed by atoms with E-state index in [1.807, 2.05) is 11.8 Å². The second-order valence-electron chi connectivity index (χ2n) is 7.62. The van der Waals surface area contributed by atoms with E-state index in [0.717, 1.165) is 55.5 Å². The summed E-state index contributed by atoms with van der Waals surface area (Å²) in [6.07, 6.45) is 9.15. The monoisotopic (exact) mass is 367 g/mol. The van der Waals surface area contributed by atoms with Crippen molar-refractivity contribution in [1.29, 1.82) is 0 Å². The Morgan fingerprint density at radius 3 is 2.67 bits per heavy atom. The molecule has 1 amide bonds. The molecule has 0 unspecified atom stereocenters. The molecule has 2 aliphatic rings. The number of nitrogens with zero attached hydrogens (tertiary/aromatic N) is 5. The van der Waals surface area contributed by atoms with Crippen LogP contribution in [0.15, 0.2) is 23.3 Å². The SMILES string of the molecule is Cc1cnc(C(=O)N2CCC(Cn3nc4c(cc3=O)CCCC4)CC2)cn1. The van der Waals surface area contributed by atoms with Gasteiger partial charge < -0.3 is 4.90 Å². The maximum absolute atomic E-state index is 12.5. The van der Waals surface area contributed by atoms with Crippen LogP contribution in [0.1, 0.15) is 53.1 Å². The fraction of sp³-hybridized carbons (Fsp3) is 0.550. The first-order valence-corrected chi connectivity index (χ1v) is 9.78. The summed E-state index contributed by atoms with van der Waals surface area (Å²) in [6.45, 7) is 3.85. The van der Waals surface area contributed by atoms with E-state index in [9.17, 15) is 9.59 Å². The Kier molecular flexibility index (Phi) is 5.01. The van der Waals surface area contributed by atoms with Crippen molar-refractivity contribution in [2.24, 2.45) is 5.92 Å². The van der Waals surface area contributed by atoms with Crippen LogP contribution in [0.25, 0.3) is 0 Å². The molecule has 0 saturated carbocycles. The van der Waals surface area contributed by atoms with E-state index in [1.54, 1.807) is 23.1 Å². The lowest BCUT2D eigenvalue weighted by Gasteiger charge is -2.32. The highest BCUT2D eigenvalue weighted by atomic mass is 16.2. The summed E-state index contributed by atoms with van der Waals surface area (Å²) < 4.78 is 1.64. The Hall–Kier alpha value is -2.57. The summed E-state index contributed by atoms with van der Waals surface area (Å²) in [5.41, 5.74) is 3.41. The second-order valence-corrected chi connectivity index (χ2v) is 7.62. The number of hydrogen-bond acceptors (Lipinski definition) is 5. The predicted octanol–water partition coefficient (Wildman–Crippen LogP) is 1.77. The molecule has 0 aromatic carbocycles. The molecule has 0 radical (unpaired) electrons. The van der Waals surface area contributed by atoms with E-state index in [2.05, 4.69) is 15.1 Å². The number of fused-ring (bicyclic) bond motifs is 1. The first kappa shape index (κ1) is 17.8. The molecule has 3 heterocycles. The summed E-state index contributed by atoms with van der Waals surface area (Å²) in [4.78, 5) is 35.1. The predicted molar refractivity (Wildman–Crippen MR) is 101 cm³/mol. The first-order valence-electron chi connectivity index (χ1n) is 9.78. The van der Waals surface area contributed by atoms with Gasteiger partial charge in [0.25, 0.3) is 11.5 Å².